The summed E-state index contributed by atoms with van der Waals surface area (Å²) in [7, 11) is 1.56. The molecule has 1 aromatic heterocycles. The standard InChI is InChI=1S/C18H15N3O3S/c1-9-3-8-12-14(19)13-15(25-16(12)20-9)18(23)21(17(13)22)10-4-6-11(24-2)7-5-10/h3-8,15H,19H2,1-2H3/t15-/m0/s1. The number of thioether (sulfide) groups is 1. The molecule has 0 aliphatic carbocycles. The molecule has 1 atom stereocenters. The van der Waals surface area contributed by atoms with Gasteiger partial charge in [0.2, 0.25) is 0 Å². The van der Waals surface area contributed by atoms with Gasteiger partial charge in [-0.2, -0.15) is 0 Å². The summed E-state index contributed by atoms with van der Waals surface area (Å²) in [6.45, 7) is 1.88. The maximum Gasteiger partial charge on any atom is 0.264 e. The van der Waals surface area contributed by atoms with Gasteiger partial charge in [0, 0.05) is 11.3 Å². The number of carbonyl (C=O) groups excluding carboxylic acids is 2. The zero-order chi connectivity index (χ0) is 17.7. The first kappa shape index (κ1) is 15.7. The summed E-state index contributed by atoms with van der Waals surface area (Å²) in [5.74, 6) is -0.0242. The largest absolute Gasteiger partial charge is 0.497 e. The molecule has 0 bridgehead atoms. The highest BCUT2D eigenvalue weighted by atomic mass is 32.2. The second-order valence-corrected chi connectivity index (χ2v) is 6.90. The third-order valence-electron chi connectivity index (χ3n) is 4.28. The molecule has 4 rings (SSSR count). The van der Waals surface area contributed by atoms with E-state index in [1.165, 1.54) is 16.7 Å². The number of hydrogen-bond donors (Lipinski definition) is 1. The lowest BCUT2D eigenvalue weighted by Crippen LogP contribution is -2.31. The van der Waals surface area contributed by atoms with Gasteiger partial charge in [0.05, 0.1) is 24.1 Å². The van der Waals surface area contributed by atoms with Crippen LogP contribution in [0.5, 0.6) is 5.75 Å². The van der Waals surface area contributed by atoms with E-state index in [9.17, 15) is 9.59 Å². The summed E-state index contributed by atoms with van der Waals surface area (Å²) >= 11 is 1.28. The number of hydrogen-bond acceptors (Lipinski definition) is 6. The lowest BCUT2D eigenvalue weighted by molar-refractivity contribution is -0.120. The molecule has 0 unspecified atom stereocenters. The normalized spacial score (nSPS) is 19.1. The molecule has 0 spiro atoms. The smallest absolute Gasteiger partial charge is 0.264 e. The lowest BCUT2D eigenvalue weighted by atomic mass is 10.1. The Bertz CT molecular complexity index is 937. The van der Waals surface area contributed by atoms with E-state index >= 15 is 0 Å². The minimum absolute atomic E-state index is 0.299. The van der Waals surface area contributed by atoms with Gasteiger partial charge in [-0.1, -0.05) is 11.8 Å². The van der Waals surface area contributed by atoms with E-state index in [0.29, 0.717) is 33.3 Å². The van der Waals surface area contributed by atoms with Crippen LogP contribution in [0.4, 0.5) is 5.69 Å². The molecule has 2 aromatic rings. The highest BCUT2D eigenvalue weighted by Gasteiger charge is 2.48. The minimum atomic E-state index is -0.656. The Balaban J connectivity index is 1.79. The van der Waals surface area contributed by atoms with Crippen molar-refractivity contribution in [3.8, 4) is 5.75 Å². The average molecular weight is 353 g/mol. The molecule has 2 N–H and O–H groups in total. The first-order valence-electron chi connectivity index (χ1n) is 7.68. The monoisotopic (exact) mass is 353 g/mol. The molecule has 6 nitrogen and oxygen atoms in total. The van der Waals surface area contributed by atoms with Crippen LogP contribution >= 0.6 is 11.8 Å². The van der Waals surface area contributed by atoms with Gasteiger partial charge in [0.1, 0.15) is 16.0 Å². The molecule has 2 aliphatic rings. The molecule has 0 radical (unpaired) electrons. The van der Waals surface area contributed by atoms with Crippen molar-refractivity contribution in [3.63, 3.8) is 0 Å². The Morgan fingerprint density at radius 1 is 1.16 bits per heavy atom. The topological polar surface area (TPSA) is 85.5 Å². The summed E-state index contributed by atoms with van der Waals surface area (Å²) in [5.41, 5.74) is 8.94. The van der Waals surface area contributed by atoms with E-state index in [2.05, 4.69) is 4.98 Å². The summed E-state index contributed by atoms with van der Waals surface area (Å²) in [4.78, 5) is 31.4. The van der Waals surface area contributed by atoms with Crippen LogP contribution in [-0.4, -0.2) is 29.2 Å². The maximum absolute atomic E-state index is 12.9. The van der Waals surface area contributed by atoms with E-state index in [1.807, 2.05) is 19.1 Å². The van der Waals surface area contributed by atoms with Crippen molar-refractivity contribution >= 4 is 35.0 Å². The summed E-state index contributed by atoms with van der Waals surface area (Å²) < 4.78 is 5.12. The molecule has 126 valence electrons. The molecule has 1 aromatic carbocycles. The van der Waals surface area contributed by atoms with Gasteiger partial charge in [-0.25, -0.2) is 9.88 Å². The number of benzene rings is 1. The molecule has 25 heavy (non-hydrogen) atoms. The van der Waals surface area contributed by atoms with E-state index in [-0.39, 0.29) is 11.8 Å². The van der Waals surface area contributed by atoms with Gasteiger partial charge in [-0.05, 0) is 43.3 Å². The number of rotatable bonds is 2. The Labute approximate surface area is 148 Å². The molecular formula is C18H15N3O3S. The minimum Gasteiger partial charge on any atom is -0.497 e. The number of carbonyl (C=O) groups is 2. The molecule has 7 heteroatoms. The summed E-state index contributed by atoms with van der Waals surface area (Å²) in [6, 6.07) is 10.5. The second kappa shape index (κ2) is 5.63. The van der Waals surface area contributed by atoms with E-state index < -0.39 is 5.25 Å². The van der Waals surface area contributed by atoms with Crippen molar-refractivity contribution < 1.29 is 14.3 Å². The van der Waals surface area contributed by atoms with Crippen LogP contribution in [0.25, 0.3) is 5.70 Å². The van der Waals surface area contributed by atoms with E-state index in [1.54, 1.807) is 31.4 Å². The number of anilines is 1. The molecule has 0 saturated carbocycles. The van der Waals surface area contributed by atoms with Crippen LogP contribution in [0.3, 0.4) is 0 Å². The molecule has 2 amide bonds. The van der Waals surface area contributed by atoms with Gasteiger partial charge in [-0.15, -0.1) is 0 Å². The van der Waals surface area contributed by atoms with Crippen LogP contribution in [0.1, 0.15) is 11.3 Å². The van der Waals surface area contributed by atoms with Crippen molar-refractivity contribution in [1.29, 1.82) is 0 Å². The van der Waals surface area contributed by atoms with Crippen molar-refractivity contribution in [2.75, 3.05) is 12.0 Å². The van der Waals surface area contributed by atoms with Gasteiger partial charge in [0.15, 0.2) is 0 Å². The van der Waals surface area contributed by atoms with Crippen LogP contribution in [-0.2, 0) is 9.59 Å². The molecule has 3 heterocycles. The van der Waals surface area contributed by atoms with Crippen molar-refractivity contribution in [2.45, 2.75) is 17.2 Å². The highest BCUT2D eigenvalue weighted by Crippen LogP contribution is 2.44. The number of amides is 2. The highest BCUT2D eigenvalue weighted by molar-refractivity contribution is 8.01. The number of methoxy groups -OCH3 is 1. The van der Waals surface area contributed by atoms with E-state index in [4.69, 9.17) is 10.5 Å². The third kappa shape index (κ3) is 2.31. The van der Waals surface area contributed by atoms with Gasteiger partial charge < -0.3 is 10.5 Å². The fourth-order valence-electron chi connectivity index (χ4n) is 3.00. The van der Waals surface area contributed by atoms with Crippen LogP contribution in [0.15, 0.2) is 47.0 Å². The van der Waals surface area contributed by atoms with Crippen molar-refractivity contribution in [1.82, 2.24) is 4.98 Å². The number of aromatic nitrogens is 1. The maximum atomic E-state index is 12.9. The van der Waals surface area contributed by atoms with Gasteiger partial charge in [-0.3, -0.25) is 9.59 Å². The Hall–Kier alpha value is -2.80. The number of pyridine rings is 1. The quantitative estimate of drug-likeness (QED) is 0.833. The lowest BCUT2D eigenvalue weighted by Gasteiger charge is -2.19. The van der Waals surface area contributed by atoms with Crippen molar-refractivity contribution in [3.05, 3.63) is 53.2 Å². The molecule has 1 fully saturated rings. The first-order valence-corrected chi connectivity index (χ1v) is 8.56. The molecule has 1 saturated heterocycles. The fourth-order valence-corrected chi connectivity index (χ4v) is 4.28. The van der Waals surface area contributed by atoms with Gasteiger partial charge >= 0.3 is 0 Å². The predicted molar refractivity (Wildman–Crippen MR) is 95.2 cm³/mol. The van der Waals surface area contributed by atoms with Crippen LogP contribution < -0.4 is 15.4 Å². The Morgan fingerprint density at radius 2 is 1.88 bits per heavy atom. The molecular weight excluding hydrogens is 338 g/mol. The van der Waals surface area contributed by atoms with Crippen LogP contribution in [0.2, 0.25) is 0 Å². The Morgan fingerprint density at radius 3 is 2.56 bits per heavy atom. The predicted octanol–water partition coefficient (Wildman–Crippen LogP) is 2.12. The van der Waals surface area contributed by atoms with Gasteiger partial charge in [0.25, 0.3) is 11.8 Å². The third-order valence-corrected chi connectivity index (χ3v) is 5.49. The second-order valence-electron chi connectivity index (χ2n) is 5.81. The van der Waals surface area contributed by atoms with Crippen molar-refractivity contribution in [2.24, 2.45) is 5.73 Å². The summed E-state index contributed by atoms with van der Waals surface area (Å²) in [6.07, 6.45) is 0. The SMILES string of the molecule is COc1ccc(N2C(=O)C3=C(N)c4ccc(C)nc4S[C@@H]3C2=O)cc1. The Kier molecular flexibility index (Phi) is 3.54. The number of nitrogens with two attached hydrogens (primary N) is 1. The number of ether oxygens (including phenoxy) is 1. The number of nitrogens with zero attached hydrogens (tertiary/aromatic N) is 2. The number of fused-ring (bicyclic) bond motifs is 2. The number of imide groups is 1. The zero-order valence-corrected chi connectivity index (χ0v) is 14.5. The fraction of sp³-hybridized carbons (Fsp3) is 0.167. The summed E-state index contributed by atoms with van der Waals surface area (Å²) in [5, 5.41) is 0.0281. The molecule has 2 aliphatic heterocycles. The average Bonchev–Trinajstić information content (AvgIpc) is 2.86. The zero-order valence-electron chi connectivity index (χ0n) is 13.6. The van der Waals surface area contributed by atoms with Crippen LogP contribution in [0, 0.1) is 6.92 Å². The van der Waals surface area contributed by atoms with E-state index in [0.717, 1.165) is 5.69 Å². The number of aryl methyl sites for hydroxylation is 1. The first-order chi connectivity index (χ1) is 12.0.